The molecule has 1 aromatic carbocycles. The van der Waals surface area contributed by atoms with Crippen molar-refractivity contribution in [3.05, 3.63) is 29.6 Å². The number of hydrogen-bond acceptors (Lipinski definition) is 2. The van der Waals surface area contributed by atoms with Gasteiger partial charge in [0.1, 0.15) is 17.9 Å². The Kier molecular flexibility index (Phi) is 2.84. The third-order valence-electron chi connectivity index (χ3n) is 3.00. The Hall–Kier alpha value is -1.91. The quantitative estimate of drug-likeness (QED) is 0.818. The normalized spacial score (nSPS) is 18.8. The molecule has 18 heavy (non-hydrogen) atoms. The molecule has 2 rings (SSSR count). The zero-order chi connectivity index (χ0) is 13.5. The molecule has 0 bridgehead atoms. The largest absolute Gasteiger partial charge is 0.341 e. The summed E-state index contributed by atoms with van der Waals surface area (Å²) >= 11 is 0. The standard InChI is InChI=1S/C13H15FN2O2/c1-8-4-5-9(14)6-10(8)16-7-11(17)15-13(2,3)12(16)18/h4-6H,7H2,1-3H3,(H,15,17). The fraction of sp³-hybridized carbons (Fsp3) is 0.385. The van der Waals surface area contributed by atoms with Crippen LogP contribution in [-0.2, 0) is 9.59 Å². The van der Waals surface area contributed by atoms with E-state index in [-0.39, 0.29) is 18.4 Å². The first-order valence-corrected chi connectivity index (χ1v) is 5.70. The summed E-state index contributed by atoms with van der Waals surface area (Å²) < 4.78 is 13.3. The van der Waals surface area contributed by atoms with Crippen molar-refractivity contribution < 1.29 is 14.0 Å². The fourth-order valence-corrected chi connectivity index (χ4v) is 2.06. The first-order valence-electron chi connectivity index (χ1n) is 5.70. The molecule has 1 aromatic rings. The van der Waals surface area contributed by atoms with Crippen LogP contribution in [0.4, 0.5) is 10.1 Å². The summed E-state index contributed by atoms with van der Waals surface area (Å²) in [6.45, 7) is 4.97. The van der Waals surface area contributed by atoms with Gasteiger partial charge in [0.2, 0.25) is 5.91 Å². The first-order chi connectivity index (χ1) is 8.31. The molecule has 0 saturated carbocycles. The molecule has 5 heteroatoms. The molecule has 2 amide bonds. The Morgan fingerprint density at radius 3 is 2.67 bits per heavy atom. The van der Waals surface area contributed by atoms with Crippen LogP contribution in [0.25, 0.3) is 0 Å². The van der Waals surface area contributed by atoms with Crippen molar-refractivity contribution >= 4 is 17.5 Å². The van der Waals surface area contributed by atoms with Gasteiger partial charge in [0, 0.05) is 0 Å². The first kappa shape index (κ1) is 12.5. The highest BCUT2D eigenvalue weighted by molar-refractivity contribution is 6.09. The number of carbonyl (C=O) groups is 2. The van der Waals surface area contributed by atoms with Gasteiger partial charge in [-0.15, -0.1) is 0 Å². The highest BCUT2D eigenvalue weighted by atomic mass is 19.1. The van der Waals surface area contributed by atoms with Gasteiger partial charge in [-0.05, 0) is 38.5 Å². The van der Waals surface area contributed by atoms with Crippen LogP contribution in [0.3, 0.4) is 0 Å². The van der Waals surface area contributed by atoms with E-state index in [2.05, 4.69) is 5.32 Å². The van der Waals surface area contributed by atoms with Gasteiger partial charge in [-0.3, -0.25) is 9.59 Å². The van der Waals surface area contributed by atoms with Crippen molar-refractivity contribution in [3.8, 4) is 0 Å². The lowest BCUT2D eigenvalue weighted by Crippen LogP contribution is -2.64. The van der Waals surface area contributed by atoms with E-state index in [4.69, 9.17) is 0 Å². The molecule has 1 fully saturated rings. The third kappa shape index (κ3) is 2.08. The molecule has 0 radical (unpaired) electrons. The summed E-state index contributed by atoms with van der Waals surface area (Å²) in [5, 5.41) is 2.62. The lowest BCUT2D eigenvalue weighted by Gasteiger charge is -2.38. The van der Waals surface area contributed by atoms with Crippen LogP contribution in [0, 0.1) is 12.7 Å². The fourth-order valence-electron chi connectivity index (χ4n) is 2.06. The predicted octanol–water partition coefficient (Wildman–Crippen LogP) is 1.38. The van der Waals surface area contributed by atoms with Gasteiger partial charge >= 0.3 is 0 Å². The number of amides is 2. The van der Waals surface area contributed by atoms with Crippen molar-refractivity contribution in [2.24, 2.45) is 0 Å². The van der Waals surface area contributed by atoms with Crippen LogP contribution < -0.4 is 10.2 Å². The molecular weight excluding hydrogens is 235 g/mol. The van der Waals surface area contributed by atoms with Gasteiger partial charge in [-0.1, -0.05) is 6.07 Å². The molecule has 0 aromatic heterocycles. The summed E-state index contributed by atoms with van der Waals surface area (Å²) in [5.41, 5.74) is 0.242. The lowest BCUT2D eigenvalue weighted by atomic mass is 9.99. The van der Waals surface area contributed by atoms with E-state index < -0.39 is 11.4 Å². The zero-order valence-electron chi connectivity index (χ0n) is 10.6. The second-order valence-corrected chi connectivity index (χ2v) is 5.00. The highest BCUT2D eigenvalue weighted by Gasteiger charge is 2.40. The van der Waals surface area contributed by atoms with Crippen LogP contribution in [-0.4, -0.2) is 23.9 Å². The van der Waals surface area contributed by atoms with E-state index in [1.165, 1.54) is 17.0 Å². The summed E-state index contributed by atoms with van der Waals surface area (Å²) in [6.07, 6.45) is 0. The van der Waals surface area contributed by atoms with Crippen LogP contribution in [0.1, 0.15) is 19.4 Å². The number of benzene rings is 1. The highest BCUT2D eigenvalue weighted by Crippen LogP contribution is 2.25. The maximum atomic E-state index is 13.3. The molecule has 1 saturated heterocycles. The number of halogens is 1. The number of hydrogen-bond donors (Lipinski definition) is 1. The molecule has 4 nitrogen and oxygen atoms in total. The number of nitrogens with one attached hydrogen (secondary N) is 1. The second-order valence-electron chi connectivity index (χ2n) is 5.00. The van der Waals surface area contributed by atoms with E-state index in [0.29, 0.717) is 5.69 Å². The molecule has 0 atom stereocenters. The summed E-state index contributed by atoms with van der Waals surface area (Å²) in [7, 11) is 0. The summed E-state index contributed by atoms with van der Waals surface area (Å²) in [4.78, 5) is 25.2. The van der Waals surface area contributed by atoms with Crippen molar-refractivity contribution in [1.82, 2.24) is 5.32 Å². The van der Waals surface area contributed by atoms with E-state index >= 15 is 0 Å². The predicted molar refractivity (Wildman–Crippen MR) is 65.7 cm³/mol. The maximum absolute atomic E-state index is 13.3. The van der Waals surface area contributed by atoms with E-state index in [1.807, 2.05) is 0 Å². The van der Waals surface area contributed by atoms with Crippen molar-refractivity contribution in [1.29, 1.82) is 0 Å². The molecule has 0 aliphatic carbocycles. The van der Waals surface area contributed by atoms with Gasteiger partial charge < -0.3 is 10.2 Å². The molecule has 0 spiro atoms. The maximum Gasteiger partial charge on any atom is 0.252 e. The number of rotatable bonds is 1. The number of nitrogens with zero attached hydrogens (tertiary/aromatic N) is 1. The average molecular weight is 250 g/mol. The molecule has 1 N–H and O–H groups in total. The van der Waals surface area contributed by atoms with Crippen molar-refractivity contribution in [2.75, 3.05) is 11.4 Å². The minimum atomic E-state index is -0.964. The second kappa shape index (κ2) is 4.08. The Bertz CT molecular complexity index is 526. The number of aryl methyl sites for hydroxylation is 1. The molecule has 0 unspecified atom stereocenters. The van der Waals surface area contributed by atoms with Crippen LogP contribution in [0.15, 0.2) is 18.2 Å². The SMILES string of the molecule is Cc1ccc(F)cc1N1CC(=O)NC(C)(C)C1=O. The Morgan fingerprint density at radius 2 is 2.00 bits per heavy atom. The number of piperazine rings is 1. The molecule has 96 valence electrons. The Labute approximate surface area is 105 Å². The van der Waals surface area contributed by atoms with E-state index in [1.54, 1.807) is 26.8 Å². The lowest BCUT2D eigenvalue weighted by molar-refractivity contribution is -0.134. The van der Waals surface area contributed by atoms with Crippen LogP contribution >= 0.6 is 0 Å². The number of anilines is 1. The third-order valence-corrected chi connectivity index (χ3v) is 3.00. The number of carbonyl (C=O) groups excluding carboxylic acids is 2. The molecule has 1 aliphatic heterocycles. The Balaban J connectivity index is 2.46. The van der Waals surface area contributed by atoms with Gasteiger partial charge in [0.15, 0.2) is 0 Å². The summed E-state index contributed by atoms with van der Waals surface area (Å²) in [5.74, 6) is -0.911. The van der Waals surface area contributed by atoms with E-state index in [9.17, 15) is 14.0 Å². The molecule has 1 heterocycles. The minimum Gasteiger partial charge on any atom is -0.341 e. The van der Waals surface area contributed by atoms with Crippen LogP contribution in [0.5, 0.6) is 0 Å². The topological polar surface area (TPSA) is 49.4 Å². The minimum absolute atomic E-state index is 0.0768. The van der Waals surface area contributed by atoms with Gasteiger partial charge in [0.05, 0.1) is 5.69 Å². The van der Waals surface area contributed by atoms with E-state index in [0.717, 1.165) is 5.56 Å². The van der Waals surface area contributed by atoms with Crippen molar-refractivity contribution in [2.45, 2.75) is 26.3 Å². The monoisotopic (exact) mass is 250 g/mol. The van der Waals surface area contributed by atoms with Gasteiger partial charge in [-0.25, -0.2) is 4.39 Å². The molecule has 1 aliphatic rings. The van der Waals surface area contributed by atoms with Gasteiger partial charge in [-0.2, -0.15) is 0 Å². The summed E-state index contributed by atoms with van der Waals surface area (Å²) in [6, 6.07) is 4.21. The Morgan fingerprint density at radius 1 is 1.33 bits per heavy atom. The zero-order valence-corrected chi connectivity index (χ0v) is 10.6. The average Bonchev–Trinajstić information content (AvgIpc) is 2.26. The smallest absolute Gasteiger partial charge is 0.252 e. The van der Waals surface area contributed by atoms with Crippen molar-refractivity contribution in [3.63, 3.8) is 0 Å². The molecular formula is C13H15FN2O2. The van der Waals surface area contributed by atoms with Crippen LogP contribution in [0.2, 0.25) is 0 Å². The van der Waals surface area contributed by atoms with Gasteiger partial charge in [0.25, 0.3) is 5.91 Å².